The third-order valence-electron chi connectivity index (χ3n) is 2.51. The van der Waals surface area contributed by atoms with Crippen molar-refractivity contribution in [1.29, 1.82) is 0 Å². The molecule has 0 spiro atoms. The summed E-state index contributed by atoms with van der Waals surface area (Å²) in [4.78, 5) is 0. The molecule has 0 saturated carbocycles. The van der Waals surface area contributed by atoms with E-state index in [9.17, 15) is 0 Å². The van der Waals surface area contributed by atoms with Crippen LogP contribution in [0.1, 0.15) is 46.5 Å². The zero-order valence-corrected chi connectivity index (χ0v) is 9.94. The van der Waals surface area contributed by atoms with Gasteiger partial charge < -0.3 is 4.74 Å². The molecule has 0 aromatic carbocycles. The Morgan fingerprint density at radius 1 is 1.21 bits per heavy atom. The van der Waals surface area contributed by atoms with Crippen molar-refractivity contribution in [2.24, 2.45) is 5.92 Å². The van der Waals surface area contributed by atoms with Crippen LogP contribution in [0.3, 0.4) is 0 Å². The first kappa shape index (κ1) is 13.3. The van der Waals surface area contributed by atoms with Crippen molar-refractivity contribution in [2.75, 3.05) is 6.61 Å². The van der Waals surface area contributed by atoms with E-state index in [1.807, 2.05) is 6.92 Å². The van der Waals surface area contributed by atoms with Gasteiger partial charge in [0.05, 0.1) is 6.61 Å². The van der Waals surface area contributed by atoms with Crippen LogP contribution in [0.2, 0.25) is 0 Å². The quantitative estimate of drug-likeness (QED) is 0.319. The molecule has 0 aromatic heterocycles. The molecule has 0 aliphatic carbocycles. The Morgan fingerprint density at radius 2 is 1.86 bits per heavy atom. The molecule has 0 aromatic rings. The highest BCUT2D eigenvalue weighted by Gasteiger charge is 2.09. The summed E-state index contributed by atoms with van der Waals surface area (Å²) in [5.41, 5.74) is 1.06. The Hall–Kier alpha value is -0.720. The molecule has 14 heavy (non-hydrogen) atoms. The molecule has 0 saturated heterocycles. The van der Waals surface area contributed by atoms with Gasteiger partial charge in [-0.3, -0.25) is 0 Å². The van der Waals surface area contributed by atoms with Gasteiger partial charge in [-0.2, -0.15) is 0 Å². The molecule has 0 fully saturated rings. The molecule has 0 aliphatic heterocycles. The molecule has 1 atom stereocenters. The van der Waals surface area contributed by atoms with Crippen LogP contribution in [-0.4, -0.2) is 6.61 Å². The predicted octanol–water partition coefficient (Wildman–Crippen LogP) is 4.31. The molecule has 0 aliphatic rings. The Bertz CT molecular complexity index is 182. The minimum absolute atomic E-state index is 0.501. The van der Waals surface area contributed by atoms with Crippen LogP contribution in [-0.2, 0) is 4.74 Å². The lowest BCUT2D eigenvalue weighted by Crippen LogP contribution is -2.03. The monoisotopic (exact) mass is 196 g/mol. The number of hydrogen-bond acceptors (Lipinski definition) is 1. The zero-order valence-electron chi connectivity index (χ0n) is 9.94. The molecule has 0 bridgehead atoms. The molecule has 82 valence electrons. The molecule has 0 rings (SSSR count). The third-order valence-corrected chi connectivity index (χ3v) is 2.51. The van der Waals surface area contributed by atoms with Gasteiger partial charge in [-0.15, -0.1) is 0 Å². The summed E-state index contributed by atoms with van der Waals surface area (Å²) in [5.74, 6) is 1.26. The molecule has 1 nitrogen and oxygen atoms in total. The lowest BCUT2D eigenvalue weighted by Gasteiger charge is -2.16. The Morgan fingerprint density at radius 3 is 2.36 bits per heavy atom. The summed E-state index contributed by atoms with van der Waals surface area (Å²) in [7, 11) is 0. The molecule has 0 N–H and O–H groups in total. The highest BCUT2D eigenvalue weighted by molar-refractivity contribution is 5.21. The summed E-state index contributed by atoms with van der Waals surface area (Å²) >= 11 is 0. The van der Waals surface area contributed by atoms with Gasteiger partial charge in [0.15, 0.2) is 0 Å². The third kappa shape index (κ3) is 5.11. The van der Waals surface area contributed by atoms with Gasteiger partial charge in [-0.25, -0.2) is 0 Å². The van der Waals surface area contributed by atoms with Crippen LogP contribution < -0.4 is 0 Å². The smallest absolute Gasteiger partial charge is 0.114 e. The zero-order chi connectivity index (χ0) is 11.0. The largest absolute Gasteiger partial charge is 0.494 e. The fraction of sp³-hybridized carbons (Fsp3) is 0.692. The SMILES string of the molecule is C=C(OCC)C(=C)C(C)CCCCC. The van der Waals surface area contributed by atoms with Crippen LogP contribution in [0.25, 0.3) is 0 Å². The van der Waals surface area contributed by atoms with Gasteiger partial charge in [0.2, 0.25) is 0 Å². The average molecular weight is 196 g/mol. The summed E-state index contributed by atoms with van der Waals surface area (Å²) in [6.45, 7) is 15.0. The van der Waals surface area contributed by atoms with E-state index >= 15 is 0 Å². The van der Waals surface area contributed by atoms with E-state index in [1.165, 1.54) is 25.7 Å². The van der Waals surface area contributed by atoms with Crippen LogP contribution in [0, 0.1) is 5.92 Å². The van der Waals surface area contributed by atoms with Crippen LogP contribution in [0.4, 0.5) is 0 Å². The van der Waals surface area contributed by atoms with E-state index in [4.69, 9.17) is 4.74 Å². The second-order valence-corrected chi connectivity index (χ2v) is 3.78. The lowest BCUT2D eigenvalue weighted by molar-refractivity contribution is 0.233. The molecule has 1 heteroatoms. The standard InChI is InChI=1S/C13H24O/c1-6-8-9-10-11(3)12(4)13(5)14-7-2/h11H,4-10H2,1-3H3. The van der Waals surface area contributed by atoms with E-state index < -0.39 is 0 Å². The van der Waals surface area contributed by atoms with Crippen LogP contribution in [0.15, 0.2) is 24.5 Å². The summed E-state index contributed by atoms with van der Waals surface area (Å²) in [5, 5.41) is 0. The van der Waals surface area contributed by atoms with Crippen molar-refractivity contribution in [3.8, 4) is 0 Å². The lowest BCUT2D eigenvalue weighted by atomic mass is 9.95. The van der Waals surface area contributed by atoms with Gasteiger partial charge in [0.1, 0.15) is 5.76 Å². The minimum atomic E-state index is 0.501. The van der Waals surface area contributed by atoms with Crippen molar-refractivity contribution < 1.29 is 4.74 Å². The first-order valence-corrected chi connectivity index (χ1v) is 5.64. The van der Waals surface area contributed by atoms with E-state index in [-0.39, 0.29) is 0 Å². The number of hydrogen-bond donors (Lipinski definition) is 0. The number of ether oxygens (including phenoxy) is 1. The van der Waals surface area contributed by atoms with E-state index in [0.29, 0.717) is 12.5 Å². The van der Waals surface area contributed by atoms with Crippen LogP contribution >= 0.6 is 0 Å². The molecule has 1 unspecified atom stereocenters. The van der Waals surface area contributed by atoms with Gasteiger partial charge >= 0.3 is 0 Å². The van der Waals surface area contributed by atoms with Gasteiger partial charge in [0.25, 0.3) is 0 Å². The normalized spacial score (nSPS) is 12.2. The minimum Gasteiger partial charge on any atom is -0.494 e. The average Bonchev–Trinajstić information content (AvgIpc) is 2.17. The van der Waals surface area contributed by atoms with Crippen molar-refractivity contribution in [2.45, 2.75) is 46.5 Å². The van der Waals surface area contributed by atoms with E-state index in [2.05, 4.69) is 27.0 Å². The van der Waals surface area contributed by atoms with Crippen molar-refractivity contribution >= 4 is 0 Å². The second kappa shape index (κ2) is 7.66. The fourth-order valence-corrected chi connectivity index (χ4v) is 1.42. The van der Waals surface area contributed by atoms with Gasteiger partial charge in [-0.1, -0.05) is 46.3 Å². The van der Waals surface area contributed by atoms with Crippen LogP contribution in [0.5, 0.6) is 0 Å². The van der Waals surface area contributed by atoms with Crippen molar-refractivity contribution in [3.63, 3.8) is 0 Å². The Kier molecular flexibility index (Phi) is 7.27. The summed E-state index contributed by atoms with van der Waals surface area (Å²) < 4.78 is 5.34. The molecule has 0 radical (unpaired) electrons. The maximum absolute atomic E-state index is 5.34. The molecular formula is C13H24O. The second-order valence-electron chi connectivity index (χ2n) is 3.78. The predicted molar refractivity (Wildman–Crippen MR) is 63.2 cm³/mol. The molecule has 0 heterocycles. The summed E-state index contributed by atoms with van der Waals surface area (Å²) in [6, 6.07) is 0. The summed E-state index contributed by atoms with van der Waals surface area (Å²) in [6.07, 6.45) is 5.04. The molecular weight excluding hydrogens is 172 g/mol. The number of unbranched alkanes of at least 4 members (excludes halogenated alkanes) is 2. The Labute approximate surface area is 88.9 Å². The molecule has 0 amide bonds. The first-order valence-electron chi connectivity index (χ1n) is 5.64. The number of allylic oxidation sites excluding steroid dienone is 1. The topological polar surface area (TPSA) is 9.23 Å². The maximum Gasteiger partial charge on any atom is 0.114 e. The Balaban J connectivity index is 3.80. The van der Waals surface area contributed by atoms with Gasteiger partial charge in [-0.05, 0) is 24.8 Å². The van der Waals surface area contributed by atoms with Crippen molar-refractivity contribution in [3.05, 3.63) is 24.5 Å². The highest BCUT2D eigenvalue weighted by atomic mass is 16.5. The fourth-order valence-electron chi connectivity index (χ4n) is 1.42. The van der Waals surface area contributed by atoms with Crippen molar-refractivity contribution in [1.82, 2.24) is 0 Å². The van der Waals surface area contributed by atoms with Gasteiger partial charge in [0, 0.05) is 0 Å². The highest BCUT2D eigenvalue weighted by Crippen LogP contribution is 2.22. The van der Waals surface area contributed by atoms with E-state index in [0.717, 1.165) is 11.3 Å². The van der Waals surface area contributed by atoms with E-state index in [1.54, 1.807) is 0 Å². The number of rotatable bonds is 8. The maximum atomic E-state index is 5.34. The first-order chi connectivity index (χ1) is 6.63.